The Morgan fingerprint density at radius 1 is 0.800 bits per heavy atom. The van der Waals surface area contributed by atoms with E-state index >= 15 is 0 Å². The van der Waals surface area contributed by atoms with Gasteiger partial charge in [-0.1, -0.05) is 48.5 Å². The molecule has 0 bridgehead atoms. The minimum atomic E-state index is -4.89. The number of rotatable bonds is 5. The molecule has 2 aromatic heterocycles. The van der Waals surface area contributed by atoms with E-state index in [0.717, 1.165) is 12.1 Å². The van der Waals surface area contributed by atoms with E-state index < -0.39 is 68.9 Å². The molecule has 0 aliphatic heterocycles. The van der Waals surface area contributed by atoms with Crippen molar-refractivity contribution in [3.8, 4) is 11.1 Å². The van der Waals surface area contributed by atoms with Crippen LogP contribution in [-0.2, 0) is 12.7 Å². The van der Waals surface area contributed by atoms with Crippen LogP contribution in [0.1, 0.15) is 21.5 Å². The number of carbonyl (C=O) groups excluding carboxylic acids is 1. The van der Waals surface area contributed by atoms with Gasteiger partial charge in [-0.15, -0.1) is 0 Å². The summed E-state index contributed by atoms with van der Waals surface area (Å²) in [5.41, 5.74) is -5.67. The summed E-state index contributed by atoms with van der Waals surface area (Å²) >= 11 is 0. The molecule has 0 spiro atoms. The van der Waals surface area contributed by atoms with Crippen LogP contribution in [0, 0.1) is 23.3 Å². The molecule has 0 atom stereocenters. The highest BCUT2D eigenvalue weighted by molar-refractivity contribution is 6.09. The number of nitrogens with zero attached hydrogens (tertiary/aromatic N) is 2. The van der Waals surface area contributed by atoms with Crippen LogP contribution < -0.4 is 10.9 Å². The Balaban J connectivity index is 1.57. The van der Waals surface area contributed by atoms with Crippen LogP contribution in [-0.4, -0.2) is 15.1 Å². The lowest BCUT2D eigenvalue weighted by Gasteiger charge is -2.14. The molecule has 40 heavy (non-hydrogen) atoms. The molecule has 2 heterocycles. The highest BCUT2D eigenvalue weighted by Crippen LogP contribution is 2.37. The van der Waals surface area contributed by atoms with Gasteiger partial charge in [-0.3, -0.25) is 14.1 Å². The molecule has 0 aliphatic rings. The number of hydrogen-bond donors (Lipinski definition) is 1. The second-order valence-corrected chi connectivity index (χ2v) is 8.69. The minimum absolute atomic E-state index is 0.0236. The van der Waals surface area contributed by atoms with E-state index in [-0.39, 0.29) is 12.1 Å². The van der Waals surface area contributed by atoms with E-state index in [4.69, 9.17) is 0 Å². The molecule has 12 heteroatoms. The summed E-state index contributed by atoms with van der Waals surface area (Å²) in [7, 11) is 0. The highest BCUT2D eigenvalue weighted by atomic mass is 19.4. The summed E-state index contributed by atoms with van der Waals surface area (Å²) in [6, 6.07) is 15.8. The first kappa shape index (κ1) is 26.7. The molecule has 0 unspecified atom stereocenters. The Morgan fingerprint density at radius 2 is 1.45 bits per heavy atom. The maximum Gasteiger partial charge on any atom is 0.416 e. The zero-order chi connectivity index (χ0) is 28.8. The first-order valence-electron chi connectivity index (χ1n) is 11.6. The van der Waals surface area contributed by atoms with Gasteiger partial charge >= 0.3 is 6.18 Å². The van der Waals surface area contributed by atoms with Gasteiger partial charge in [-0.2, -0.15) is 13.2 Å². The third-order valence-electron chi connectivity index (χ3n) is 6.19. The van der Waals surface area contributed by atoms with Crippen LogP contribution in [0.5, 0.6) is 0 Å². The van der Waals surface area contributed by atoms with Gasteiger partial charge in [0.1, 0.15) is 11.3 Å². The highest BCUT2D eigenvalue weighted by Gasteiger charge is 2.33. The normalized spacial score (nSPS) is 11.7. The standard InChI is InChI=1S/C28H16F7N3O2/c29-21-19(16-9-6-10-17(13-16)28(33,34)35)22(30)24(32)25(23(21)31)36-26(39)20-18-11-4-5-12-37(18)38(27(20)40)14-15-7-2-1-3-8-15/h1-13H,14H2,(H,36,39). The van der Waals surface area contributed by atoms with Crippen LogP contribution >= 0.6 is 0 Å². The first-order chi connectivity index (χ1) is 19.0. The number of amides is 1. The molecule has 204 valence electrons. The van der Waals surface area contributed by atoms with Crippen molar-refractivity contribution in [2.75, 3.05) is 5.32 Å². The summed E-state index contributed by atoms with van der Waals surface area (Å²) in [6.45, 7) is 0.0236. The maximum absolute atomic E-state index is 15.0. The SMILES string of the molecule is O=C(Nc1c(F)c(F)c(-c2cccc(C(F)(F)F)c2)c(F)c1F)c1c(=O)n(Cc2ccccc2)n2ccccc12. The van der Waals surface area contributed by atoms with Crippen molar-refractivity contribution in [1.29, 1.82) is 0 Å². The molecule has 5 rings (SSSR count). The topological polar surface area (TPSA) is 55.5 Å². The Hall–Kier alpha value is -4.87. The monoisotopic (exact) mass is 559 g/mol. The van der Waals surface area contributed by atoms with Gasteiger partial charge in [0, 0.05) is 6.20 Å². The summed E-state index contributed by atoms with van der Waals surface area (Å²) in [6.07, 6.45) is -3.41. The average molecular weight is 559 g/mol. The van der Waals surface area contributed by atoms with Crippen molar-refractivity contribution in [3.63, 3.8) is 0 Å². The molecule has 0 fully saturated rings. The predicted octanol–water partition coefficient (Wildman–Crippen LogP) is 6.64. The molecule has 0 radical (unpaired) electrons. The van der Waals surface area contributed by atoms with Gasteiger partial charge in [0.05, 0.1) is 23.2 Å². The van der Waals surface area contributed by atoms with Crippen LogP contribution in [0.15, 0.2) is 83.8 Å². The fourth-order valence-electron chi connectivity index (χ4n) is 4.32. The van der Waals surface area contributed by atoms with Crippen molar-refractivity contribution in [1.82, 2.24) is 9.20 Å². The van der Waals surface area contributed by atoms with Crippen molar-refractivity contribution < 1.29 is 35.5 Å². The molecule has 0 aliphatic carbocycles. The lowest BCUT2D eigenvalue weighted by Crippen LogP contribution is -2.26. The minimum Gasteiger partial charge on any atom is -0.317 e. The summed E-state index contributed by atoms with van der Waals surface area (Å²) in [4.78, 5) is 26.3. The molecule has 0 saturated heterocycles. The first-order valence-corrected chi connectivity index (χ1v) is 11.6. The number of benzene rings is 3. The Kier molecular flexibility index (Phi) is 6.70. The van der Waals surface area contributed by atoms with Crippen molar-refractivity contribution in [3.05, 3.63) is 129 Å². The zero-order valence-electron chi connectivity index (χ0n) is 20.1. The predicted molar refractivity (Wildman–Crippen MR) is 132 cm³/mol. The van der Waals surface area contributed by atoms with Gasteiger partial charge in [-0.05, 0) is 35.4 Å². The van der Waals surface area contributed by atoms with Gasteiger partial charge in [-0.25, -0.2) is 22.2 Å². The fraction of sp³-hybridized carbons (Fsp3) is 0.0714. The van der Waals surface area contributed by atoms with Gasteiger partial charge in [0.2, 0.25) is 0 Å². The quantitative estimate of drug-likeness (QED) is 0.194. The molecule has 3 aromatic carbocycles. The van der Waals surface area contributed by atoms with Crippen LogP contribution in [0.25, 0.3) is 16.6 Å². The molecular weight excluding hydrogens is 543 g/mol. The van der Waals surface area contributed by atoms with Gasteiger partial charge in [0.25, 0.3) is 11.5 Å². The number of halogens is 7. The molecule has 0 saturated carbocycles. The Labute approximate surface area is 220 Å². The molecular formula is C28H16F7N3O2. The van der Waals surface area contributed by atoms with Crippen LogP contribution in [0.2, 0.25) is 0 Å². The van der Waals surface area contributed by atoms with Crippen molar-refractivity contribution in [2.45, 2.75) is 12.7 Å². The molecule has 5 nitrogen and oxygen atoms in total. The lowest BCUT2D eigenvalue weighted by molar-refractivity contribution is -0.137. The van der Waals surface area contributed by atoms with E-state index in [1.54, 1.807) is 41.7 Å². The van der Waals surface area contributed by atoms with Gasteiger partial charge in [0.15, 0.2) is 23.3 Å². The number of pyridine rings is 1. The largest absolute Gasteiger partial charge is 0.416 e. The van der Waals surface area contributed by atoms with Crippen molar-refractivity contribution in [2.24, 2.45) is 0 Å². The van der Waals surface area contributed by atoms with Crippen LogP contribution in [0.3, 0.4) is 0 Å². The second kappa shape index (κ2) is 10.0. The number of anilines is 1. The van der Waals surface area contributed by atoms with E-state index in [2.05, 4.69) is 0 Å². The average Bonchev–Trinajstić information content (AvgIpc) is 3.21. The summed E-state index contributed by atoms with van der Waals surface area (Å²) < 4.78 is 102. The van der Waals surface area contributed by atoms with Crippen molar-refractivity contribution >= 4 is 17.1 Å². The summed E-state index contributed by atoms with van der Waals surface area (Å²) in [5, 5.41) is 1.73. The smallest absolute Gasteiger partial charge is 0.317 e. The maximum atomic E-state index is 15.0. The number of fused-ring (bicyclic) bond motifs is 1. The Bertz CT molecular complexity index is 1800. The Morgan fingerprint density at radius 3 is 2.10 bits per heavy atom. The molecule has 1 amide bonds. The lowest BCUT2D eigenvalue weighted by atomic mass is 10.0. The number of alkyl halides is 3. The van der Waals surface area contributed by atoms with E-state index in [0.29, 0.717) is 17.7 Å². The van der Waals surface area contributed by atoms with E-state index in [9.17, 15) is 40.3 Å². The number of carbonyl (C=O) groups is 1. The fourth-order valence-corrected chi connectivity index (χ4v) is 4.32. The molecule has 1 N–H and O–H groups in total. The number of hydrogen-bond acceptors (Lipinski definition) is 2. The van der Waals surface area contributed by atoms with Gasteiger partial charge < -0.3 is 5.32 Å². The van der Waals surface area contributed by atoms with E-state index in [1.165, 1.54) is 27.5 Å². The zero-order valence-corrected chi connectivity index (χ0v) is 20.1. The number of aromatic nitrogens is 2. The van der Waals surface area contributed by atoms with Crippen LogP contribution in [0.4, 0.5) is 36.4 Å². The van der Waals surface area contributed by atoms with E-state index in [1.807, 2.05) is 0 Å². The summed E-state index contributed by atoms with van der Waals surface area (Å²) in [5.74, 6) is -9.54. The third kappa shape index (κ3) is 4.61. The molecule has 5 aromatic rings. The number of nitrogens with one attached hydrogen (secondary N) is 1. The third-order valence-corrected chi connectivity index (χ3v) is 6.19. The second-order valence-electron chi connectivity index (χ2n) is 8.69.